The average molecular weight is 205 g/mol. The maximum atomic E-state index is 7.34. The van der Waals surface area contributed by atoms with Gasteiger partial charge in [-0.1, -0.05) is 18.2 Å². The Morgan fingerprint density at radius 1 is 1.40 bits per heavy atom. The Labute approximate surface area is 91.2 Å². The molecule has 1 aromatic rings. The third-order valence-electron chi connectivity index (χ3n) is 2.06. The Morgan fingerprint density at radius 2 is 2.07 bits per heavy atom. The van der Waals surface area contributed by atoms with E-state index in [0.29, 0.717) is 0 Å². The lowest BCUT2D eigenvalue weighted by atomic mass is 10.1. The number of amidine groups is 1. The van der Waals surface area contributed by atoms with E-state index in [0.717, 1.165) is 17.7 Å². The highest BCUT2D eigenvalue weighted by atomic mass is 14.9. The normalized spacial score (nSPS) is 11.4. The van der Waals surface area contributed by atoms with E-state index in [9.17, 15) is 0 Å². The van der Waals surface area contributed by atoms with Crippen LogP contribution in [-0.2, 0) is 6.54 Å². The van der Waals surface area contributed by atoms with Gasteiger partial charge in [-0.25, -0.2) is 0 Å². The first kappa shape index (κ1) is 11.7. The molecule has 0 aliphatic carbocycles. The minimum Gasteiger partial charge on any atom is -0.384 e. The molecule has 0 saturated heterocycles. The summed E-state index contributed by atoms with van der Waals surface area (Å²) < 4.78 is 0. The summed E-state index contributed by atoms with van der Waals surface area (Å²) in [5, 5.41) is 10.7. The molecule has 0 bridgehead atoms. The smallest absolute Gasteiger partial charge is 0.122 e. The van der Waals surface area contributed by atoms with Gasteiger partial charge >= 0.3 is 0 Å². The molecule has 82 valence electrons. The fraction of sp³-hybridized carbons (Fsp3) is 0.417. The van der Waals surface area contributed by atoms with Gasteiger partial charge in [-0.3, -0.25) is 5.41 Å². The highest BCUT2D eigenvalue weighted by Gasteiger charge is 2.08. The molecule has 0 radical (unpaired) electrons. The lowest BCUT2D eigenvalue weighted by Gasteiger charge is -2.20. The first-order valence-electron chi connectivity index (χ1n) is 5.07. The van der Waals surface area contributed by atoms with Crippen LogP contribution >= 0.6 is 0 Å². The van der Waals surface area contributed by atoms with Crippen molar-refractivity contribution in [3.8, 4) is 0 Å². The Kier molecular flexibility index (Phi) is 3.48. The number of hydrogen-bond donors (Lipinski definition) is 3. The second kappa shape index (κ2) is 4.45. The van der Waals surface area contributed by atoms with Crippen LogP contribution in [0.3, 0.4) is 0 Å². The standard InChI is InChI=1S/C12H19N3/c1-12(2,3)15-8-9-5-4-6-10(7-9)11(13)14/h4-7,15H,8H2,1-3H3,(H3,13,14). The summed E-state index contributed by atoms with van der Waals surface area (Å²) >= 11 is 0. The zero-order valence-corrected chi connectivity index (χ0v) is 9.59. The predicted molar refractivity (Wildman–Crippen MR) is 64.1 cm³/mol. The third kappa shape index (κ3) is 4.13. The van der Waals surface area contributed by atoms with Crippen molar-refractivity contribution in [2.75, 3.05) is 0 Å². The minimum atomic E-state index is 0.103. The van der Waals surface area contributed by atoms with Crippen LogP contribution in [0.25, 0.3) is 0 Å². The average Bonchev–Trinajstić information content (AvgIpc) is 2.14. The molecule has 4 N–H and O–H groups in total. The molecule has 0 heterocycles. The van der Waals surface area contributed by atoms with Crippen LogP contribution in [0.5, 0.6) is 0 Å². The lowest BCUT2D eigenvalue weighted by Crippen LogP contribution is -2.35. The van der Waals surface area contributed by atoms with Gasteiger partial charge in [0.2, 0.25) is 0 Å². The van der Waals surface area contributed by atoms with E-state index in [1.54, 1.807) is 0 Å². The summed E-state index contributed by atoms with van der Waals surface area (Å²) in [4.78, 5) is 0. The first-order chi connectivity index (χ1) is 6.88. The number of nitrogens with two attached hydrogens (primary N) is 1. The molecule has 1 rings (SSSR count). The number of nitrogens with one attached hydrogen (secondary N) is 2. The SMILES string of the molecule is CC(C)(C)NCc1cccc(C(=N)N)c1. The second-order valence-corrected chi connectivity index (χ2v) is 4.72. The van der Waals surface area contributed by atoms with Gasteiger partial charge in [0.1, 0.15) is 5.84 Å². The largest absolute Gasteiger partial charge is 0.384 e. The molecule has 3 nitrogen and oxygen atoms in total. The van der Waals surface area contributed by atoms with Crippen molar-refractivity contribution in [2.24, 2.45) is 5.73 Å². The third-order valence-corrected chi connectivity index (χ3v) is 2.06. The molecule has 0 spiro atoms. The quantitative estimate of drug-likeness (QED) is 0.521. The number of rotatable bonds is 3. The van der Waals surface area contributed by atoms with Crippen LogP contribution in [0, 0.1) is 5.41 Å². The number of nitrogen functional groups attached to an aromatic ring is 1. The Bertz CT molecular complexity index is 350. The van der Waals surface area contributed by atoms with Gasteiger partial charge in [0.15, 0.2) is 0 Å². The van der Waals surface area contributed by atoms with Gasteiger partial charge in [-0.15, -0.1) is 0 Å². The summed E-state index contributed by atoms with van der Waals surface area (Å²) in [6, 6.07) is 7.76. The van der Waals surface area contributed by atoms with Crippen molar-refractivity contribution < 1.29 is 0 Å². The fourth-order valence-electron chi connectivity index (χ4n) is 1.22. The topological polar surface area (TPSA) is 61.9 Å². The van der Waals surface area contributed by atoms with Crippen molar-refractivity contribution >= 4 is 5.84 Å². The molecule has 0 saturated carbocycles. The summed E-state index contributed by atoms with van der Waals surface area (Å²) in [7, 11) is 0. The van der Waals surface area contributed by atoms with Crippen LogP contribution < -0.4 is 11.1 Å². The van der Waals surface area contributed by atoms with E-state index in [1.165, 1.54) is 0 Å². The van der Waals surface area contributed by atoms with Gasteiger partial charge in [-0.2, -0.15) is 0 Å². The predicted octanol–water partition coefficient (Wildman–Crippen LogP) is 1.86. The molecule has 15 heavy (non-hydrogen) atoms. The van der Waals surface area contributed by atoms with E-state index in [1.807, 2.05) is 24.3 Å². The zero-order chi connectivity index (χ0) is 11.5. The Balaban J connectivity index is 2.70. The van der Waals surface area contributed by atoms with Crippen molar-refractivity contribution in [1.82, 2.24) is 5.32 Å². The molecule has 0 fully saturated rings. The Hall–Kier alpha value is -1.35. The second-order valence-electron chi connectivity index (χ2n) is 4.72. The maximum Gasteiger partial charge on any atom is 0.122 e. The van der Waals surface area contributed by atoms with Gasteiger partial charge in [0, 0.05) is 17.6 Å². The van der Waals surface area contributed by atoms with Gasteiger partial charge < -0.3 is 11.1 Å². The summed E-state index contributed by atoms with van der Waals surface area (Å²) in [6.07, 6.45) is 0. The van der Waals surface area contributed by atoms with Crippen LogP contribution in [-0.4, -0.2) is 11.4 Å². The van der Waals surface area contributed by atoms with E-state index < -0.39 is 0 Å². The van der Waals surface area contributed by atoms with E-state index in [4.69, 9.17) is 11.1 Å². The molecule has 0 amide bonds. The van der Waals surface area contributed by atoms with Gasteiger partial charge in [0.25, 0.3) is 0 Å². The number of hydrogen-bond acceptors (Lipinski definition) is 2. The molecular weight excluding hydrogens is 186 g/mol. The van der Waals surface area contributed by atoms with E-state index in [2.05, 4.69) is 26.1 Å². The monoisotopic (exact) mass is 205 g/mol. The minimum absolute atomic E-state index is 0.103. The van der Waals surface area contributed by atoms with Crippen molar-refractivity contribution in [2.45, 2.75) is 32.9 Å². The molecule has 0 aliphatic heterocycles. The maximum absolute atomic E-state index is 7.34. The molecule has 0 aromatic heterocycles. The van der Waals surface area contributed by atoms with Crippen LogP contribution in [0.4, 0.5) is 0 Å². The molecule has 0 atom stereocenters. The lowest BCUT2D eigenvalue weighted by molar-refractivity contribution is 0.424. The molecule has 3 heteroatoms. The molecular formula is C12H19N3. The molecule has 1 aromatic carbocycles. The fourth-order valence-corrected chi connectivity index (χ4v) is 1.22. The van der Waals surface area contributed by atoms with Crippen molar-refractivity contribution in [1.29, 1.82) is 5.41 Å². The highest BCUT2D eigenvalue weighted by Crippen LogP contribution is 2.07. The first-order valence-corrected chi connectivity index (χ1v) is 5.07. The molecule has 0 aliphatic rings. The van der Waals surface area contributed by atoms with Crippen LogP contribution in [0.2, 0.25) is 0 Å². The zero-order valence-electron chi connectivity index (χ0n) is 9.59. The van der Waals surface area contributed by atoms with Gasteiger partial charge in [0.05, 0.1) is 0 Å². The van der Waals surface area contributed by atoms with E-state index >= 15 is 0 Å². The van der Waals surface area contributed by atoms with E-state index in [-0.39, 0.29) is 11.4 Å². The van der Waals surface area contributed by atoms with Crippen molar-refractivity contribution in [3.05, 3.63) is 35.4 Å². The summed E-state index contributed by atoms with van der Waals surface area (Å²) in [5.74, 6) is 0.118. The van der Waals surface area contributed by atoms with Crippen molar-refractivity contribution in [3.63, 3.8) is 0 Å². The van der Waals surface area contributed by atoms with Crippen LogP contribution in [0.1, 0.15) is 31.9 Å². The van der Waals surface area contributed by atoms with Gasteiger partial charge in [-0.05, 0) is 32.4 Å². The Morgan fingerprint density at radius 3 is 2.60 bits per heavy atom. The highest BCUT2D eigenvalue weighted by molar-refractivity contribution is 5.95. The summed E-state index contributed by atoms with van der Waals surface area (Å²) in [5.41, 5.74) is 7.46. The summed E-state index contributed by atoms with van der Waals surface area (Å²) in [6.45, 7) is 7.18. The molecule has 0 unspecified atom stereocenters. The number of benzene rings is 1. The van der Waals surface area contributed by atoms with Crippen LogP contribution in [0.15, 0.2) is 24.3 Å².